The number of rotatable bonds is 3. The van der Waals surface area contributed by atoms with Gasteiger partial charge >= 0.3 is 0 Å². The third kappa shape index (κ3) is 2.18. The normalized spacial score (nSPS) is 23.1. The largest absolute Gasteiger partial charge is 0.398 e. The quantitative estimate of drug-likeness (QED) is 0.805. The molecule has 7 heteroatoms. The smallest absolute Gasteiger partial charge is 0.243 e. The maximum absolute atomic E-state index is 12.4. The molecule has 0 atom stereocenters. The molecule has 3 N–H and O–H groups in total. The molecule has 19 heavy (non-hydrogen) atoms. The van der Waals surface area contributed by atoms with Gasteiger partial charge in [0.15, 0.2) is 0 Å². The Labute approximate surface area is 120 Å². The zero-order valence-electron chi connectivity index (χ0n) is 10.2. The number of hydrogen-bond acceptors (Lipinski definition) is 4. The molecule has 5 nitrogen and oxygen atoms in total. The number of nitrogens with two attached hydrogens (primary N) is 1. The second-order valence-corrected chi connectivity index (χ2v) is 8.13. The highest BCUT2D eigenvalue weighted by molar-refractivity contribution is 9.10. The lowest BCUT2D eigenvalue weighted by Crippen LogP contribution is -2.64. The van der Waals surface area contributed by atoms with Crippen LogP contribution in [0.2, 0.25) is 0 Å². The first-order chi connectivity index (χ1) is 8.83. The van der Waals surface area contributed by atoms with E-state index in [-0.39, 0.29) is 23.9 Å². The molecule has 0 bridgehead atoms. The van der Waals surface area contributed by atoms with Crippen LogP contribution in [-0.4, -0.2) is 36.5 Å². The van der Waals surface area contributed by atoms with E-state index in [9.17, 15) is 13.5 Å². The molecule has 1 aromatic rings. The molecule has 1 aliphatic carbocycles. The van der Waals surface area contributed by atoms with Crippen LogP contribution in [0.4, 0.5) is 5.69 Å². The van der Waals surface area contributed by atoms with Crippen LogP contribution in [-0.2, 0) is 10.0 Å². The molecule has 1 aliphatic heterocycles. The van der Waals surface area contributed by atoms with E-state index in [1.54, 1.807) is 6.07 Å². The van der Waals surface area contributed by atoms with Crippen molar-refractivity contribution in [2.75, 3.05) is 18.8 Å². The number of anilines is 1. The van der Waals surface area contributed by atoms with Crippen molar-refractivity contribution in [3.05, 3.63) is 22.7 Å². The highest BCUT2D eigenvalue weighted by Gasteiger charge is 2.55. The highest BCUT2D eigenvalue weighted by Crippen LogP contribution is 2.46. The van der Waals surface area contributed by atoms with Crippen molar-refractivity contribution in [2.24, 2.45) is 5.92 Å². The molecule has 3 rings (SSSR count). The Morgan fingerprint density at radius 1 is 1.37 bits per heavy atom. The average molecular weight is 347 g/mol. The van der Waals surface area contributed by atoms with Gasteiger partial charge in [0.05, 0.1) is 10.5 Å². The average Bonchev–Trinajstić information content (AvgIpc) is 3.12. The van der Waals surface area contributed by atoms with Crippen molar-refractivity contribution >= 4 is 31.6 Å². The van der Waals surface area contributed by atoms with E-state index in [1.165, 1.54) is 16.4 Å². The summed E-state index contributed by atoms with van der Waals surface area (Å²) in [6.07, 6.45) is 2.00. The number of nitrogens with zero attached hydrogens (tertiary/aromatic N) is 1. The van der Waals surface area contributed by atoms with E-state index >= 15 is 0 Å². The Kier molecular flexibility index (Phi) is 2.94. The summed E-state index contributed by atoms with van der Waals surface area (Å²) in [4.78, 5) is 0.200. The van der Waals surface area contributed by atoms with Gasteiger partial charge in [-0.2, -0.15) is 4.31 Å². The summed E-state index contributed by atoms with van der Waals surface area (Å²) in [5.41, 5.74) is 5.34. The van der Waals surface area contributed by atoms with Crippen molar-refractivity contribution in [1.29, 1.82) is 0 Å². The van der Waals surface area contributed by atoms with Crippen LogP contribution >= 0.6 is 15.9 Å². The molecule has 0 amide bonds. The van der Waals surface area contributed by atoms with Crippen molar-refractivity contribution in [1.82, 2.24) is 4.31 Å². The Balaban J connectivity index is 1.82. The Morgan fingerprint density at radius 2 is 2.00 bits per heavy atom. The Morgan fingerprint density at radius 3 is 2.53 bits per heavy atom. The third-order valence-electron chi connectivity index (χ3n) is 3.85. The minimum Gasteiger partial charge on any atom is -0.398 e. The van der Waals surface area contributed by atoms with Crippen molar-refractivity contribution < 1.29 is 13.5 Å². The molecule has 1 saturated heterocycles. The monoisotopic (exact) mass is 346 g/mol. The third-order valence-corrected chi connectivity index (χ3v) is 6.32. The van der Waals surface area contributed by atoms with Crippen LogP contribution < -0.4 is 5.73 Å². The predicted molar refractivity (Wildman–Crippen MR) is 75.0 cm³/mol. The van der Waals surface area contributed by atoms with Gasteiger partial charge in [0.2, 0.25) is 10.0 Å². The Hall–Kier alpha value is -0.630. The molecule has 104 valence electrons. The van der Waals surface area contributed by atoms with E-state index < -0.39 is 15.6 Å². The summed E-state index contributed by atoms with van der Waals surface area (Å²) in [6, 6.07) is 4.55. The lowest BCUT2D eigenvalue weighted by Gasteiger charge is -2.45. The summed E-state index contributed by atoms with van der Waals surface area (Å²) in [6.45, 7) is 0.393. The molecule has 0 aromatic heterocycles. The standard InChI is InChI=1S/C12H15BrN2O3S/c13-10-5-9(3-4-11(10)14)19(17,18)15-6-12(16,7-15)8-1-2-8/h3-5,8,16H,1-2,6-7,14H2. The van der Waals surface area contributed by atoms with E-state index in [0.29, 0.717) is 10.2 Å². The first kappa shape index (κ1) is 13.4. The number of benzene rings is 1. The molecule has 2 aliphatic rings. The first-order valence-corrected chi connectivity index (χ1v) is 8.34. The van der Waals surface area contributed by atoms with Gasteiger partial charge in [0.25, 0.3) is 0 Å². The fourth-order valence-corrected chi connectivity index (χ4v) is 4.55. The van der Waals surface area contributed by atoms with Crippen LogP contribution in [0, 0.1) is 5.92 Å². The summed E-state index contributed by atoms with van der Waals surface area (Å²) >= 11 is 3.23. The summed E-state index contributed by atoms with van der Waals surface area (Å²) in [5.74, 6) is 0.275. The minimum absolute atomic E-state index is 0.196. The van der Waals surface area contributed by atoms with Crippen LogP contribution in [0.5, 0.6) is 0 Å². The van der Waals surface area contributed by atoms with Gasteiger partial charge in [-0.25, -0.2) is 8.42 Å². The highest BCUT2D eigenvalue weighted by atomic mass is 79.9. The van der Waals surface area contributed by atoms with Gasteiger partial charge in [-0.1, -0.05) is 0 Å². The van der Waals surface area contributed by atoms with Crippen LogP contribution in [0.3, 0.4) is 0 Å². The van der Waals surface area contributed by atoms with Gasteiger partial charge in [0, 0.05) is 23.2 Å². The number of nitrogen functional groups attached to an aromatic ring is 1. The number of sulfonamides is 1. The molecule has 0 spiro atoms. The van der Waals surface area contributed by atoms with Crippen LogP contribution in [0.25, 0.3) is 0 Å². The number of hydrogen-bond donors (Lipinski definition) is 2. The van der Waals surface area contributed by atoms with Gasteiger partial charge in [-0.3, -0.25) is 0 Å². The van der Waals surface area contributed by atoms with E-state index in [2.05, 4.69) is 15.9 Å². The molecule has 1 saturated carbocycles. The minimum atomic E-state index is -3.53. The van der Waals surface area contributed by atoms with Crippen molar-refractivity contribution in [3.8, 4) is 0 Å². The molecule has 1 heterocycles. The number of aliphatic hydroxyl groups is 1. The molecule has 0 radical (unpaired) electrons. The second-order valence-electron chi connectivity index (χ2n) is 5.33. The first-order valence-electron chi connectivity index (χ1n) is 6.10. The van der Waals surface area contributed by atoms with Crippen molar-refractivity contribution in [2.45, 2.75) is 23.3 Å². The van der Waals surface area contributed by atoms with E-state index in [1.807, 2.05) is 0 Å². The second kappa shape index (κ2) is 4.18. The fraction of sp³-hybridized carbons (Fsp3) is 0.500. The number of β-amino-alcohol motifs (C(OH)–C–C–N with tert-alkyl or cyclic N) is 1. The number of halogens is 1. The Bertz CT molecular complexity index is 622. The van der Waals surface area contributed by atoms with Gasteiger partial charge in [0.1, 0.15) is 0 Å². The molecular weight excluding hydrogens is 332 g/mol. The van der Waals surface area contributed by atoms with Crippen molar-refractivity contribution in [3.63, 3.8) is 0 Å². The summed E-state index contributed by atoms with van der Waals surface area (Å²) in [7, 11) is -3.53. The van der Waals surface area contributed by atoms with E-state index in [4.69, 9.17) is 5.73 Å². The molecule has 1 aromatic carbocycles. The predicted octanol–water partition coefficient (Wildman–Crippen LogP) is 1.18. The maximum Gasteiger partial charge on any atom is 0.243 e. The molecule has 2 fully saturated rings. The molecular formula is C12H15BrN2O3S. The van der Waals surface area contributed by atoms with E-state index in [0.717, 1.165) is 12.8 Å². The van der Waals surface area contributed by atoms with Crippen LogP contribution in [0.1, 0.15) is 12.8 Å². The zero-order chi connectivity index (χ0) is 13.8. The van der Waals surface area contributed by atoms with Gasteiger partial charge < -0.3 is 10.8 Å². The lowest BCUT2D eigenvalue weighted by atomic mass is 9.91. The van der Waals surface area contributed by atoms with Gasteiger partial charge in [-0.15, -0.1) is 0 Å². The van der Waals surface area contributed by atoms with Gasteiger partial charge in [-0.05, 0) is 52.9 Å². The molecule has 0 unspecified atom stereocenters. The fourth-order valence-electron chi connectivity index (χ4n) is 2.43. The summed E-state index contributed by atoms with van der Waals surface area (Å²) < 4.78 is 26.6. The SMILES string of the molecule is Nc1ccc(S(=O)(=O)N2CC(O)(C3CC3)C2)cc1Br. The zero-order valence-corrected chi connectivity index (χ0v) is 12.6. The van der Waals surface area contributed by atoms with Crippen LogP contribution in [0.15, 0.2) is 27.6 Å². The topological polar surface area (TPSA) is 83.6 Å². The summed E-state index contributed by atoms with van der Waals surface area (Å²) in [5, 5.41) is 10.2. The maximum atomic E-state index is 12.4. The lowest BCUT2D eigenvalue weighted by molar-refractivity contribution is -0.0764.